The number of hydrogen-bond donors (Lipinski definition) is 1. The molecule has 1 N–H and O–H groups in total. The summed E-state index contributed by atoms with van der Waals surface area (Å²) in [6, 6.07) is 5.23. The number of benzene rings is 1. The van der Waals surface area contributed by atoms with Crippen LogP contribution in [0.1, 0.15) is 5.56 Å². The van der Waals surface area contributed by atoms with Gasteiger partial charge in [-0.3, -0.25) is 4.79 Å². The monoisotopic (exact) mass is 354 g/mol. The largest absolute Gasteiger partial charge is 0.508 e. The maximum atomic E-state index is 11.1. The highest BCUT2D eigenvalue weighted by atomic mass is 127. The topological polar surface area (TPSA) is 37.3 Å². The number of carbonyl (C=O) groups excluding carboxylic acids is 1. The fraction of sp³-hybridized carbons (Fsp3) is 0.222. The Morgan fingerprint density at radius 3 is 2.85 bits per heavy atom. The van der Waals surface area contributed by atoms with E-state index in [0.717, 1.165) is 3.57 Å². The van der Waals surface area contributed by atoms with Gasteiger partial charge in [0.2, 0.25) is 0 Å². The standard InChI is InChI=1S/C9H8BrIO2/c10-5-8(12)4-6-3-7(11)1-2-9(6)13/h1-3,13H,4-5H2. The number of phenolic OH excluding ortho intramolecular Hbond substituents is 1. The van der Waals surface area contributed by atoms with Gasteiger partial charge in [-0.15, -0.1) is 0 Å². The molecule has 0 amide bonds. The lowest BCUT2D eigenvalue weighted by molar-refractivity contribution is -0.115. The molecule has 0 aliphatic carbocycles. The van der Waals surface area contributed by atoms with Crippen LogP contribution in [-0.4, -0.2) is 16.2 Å². The van der Waals surface area contributed by atoms with Crippen LogP contribution in [0.2, 0.25) is 0 Å². The summed E-state index contributed by atoms with van der Waals surface area (Å²) >= 11 is 5.23. The van der Waals surface area contributed by atoms with E-state index >= 15 is 0 Å². The van der Waals surface area contributed by atoms with Gasteiger partial charge in [0, 0.05) is 15.6 Å². The number of hydrogen-bond acceptors (Lipinski definition) is 2. The molecular formula is C9H8BrIO2. The van der Waals surface area contributed by atoms with Gasteiger partial charge in [-0.1, -0.05) is 15.9 Å². The van der Waals surface area contributed by atoms with Crippen LogP contribution in [0.4, 0.5) is 0 Å². The van der Waals surface area contributed by atoms with Crippen molar-refractivity contribution >= 4 is 44.3 Å². The summed E-state index contributed by atoms with van der Waals surface area (Å²) in [4.78, 5) is 11.1. The first kappa shape index (κ1) is 11.0. The summed E-state index contributed by atoms with van der Waals surface area (Å²) in [6.45, 7) is 0. The van der Waals surface area contributed by atoms with Gasteiger partial charge in [0.05, 0.1) is 5.33 Å². The molecule has 1 aromatic rings. The van der Waals surface area contributed by atoms with Crippen LogP contribution in [0.3, 0.4) is 0 Å². The van der Waals surface area contributed by atoms with E-state index in [-0.39, 0.29) is 18.0 Å². The zero-order valence-electron chi connectivity index (χ0n) is 6.76. The molecule has 1 rings (SSSR count). The quantitative estimate of drug-likeness (QED) is 0.669. The van der Waals surface area contributed by atoms with E-state index in [1.165, 1.54) is 0 Å². The van der Waals surface area contributed by atoms with Crippen molar-refractivity contribution in [2.45, 2.75) is 6.42 Å². The number of halogens is 2. The van der Waals surface area contributed by atoms with Gasteiger partial charge in [0.15, 0.2) is 0 Å². The molecule has 4 heteroatoms. The predicted octanol–water partition coefficient (Wildman–Crippen LogP) is 2.50. The molecule has 70 valence electrons. The van der Waals surface area contributed by atoms with Crippen molar-refractivity contribution in [2.75, 3.05) is 5.33 Å². The Morgan fingerprint density at radius 2 is 2.23 bits per heavy atom. The molecule has 2 nitrogen and oxygen atoms in total. The summed E-state index contributed by atoms with van der Waals surface area (Å²) in [5.41, 5.74) is 0.691. The normalized spacial score (nSPS) is 10.0. The Hall–Kier alpha value is -0.100. The van der Waals surface area contributed by atoms with E-state index < -0.39 is 0 Å². The van der Waals surface area contributed by atoms with E-state index in [9.17, 15) is 9.90 Å². The number of carbonyl (C=O) groups is 1. The van der Waals surface area contributed by atoms with Crippen LogP contribution < -0.4 is 0 Å². The van der Waals surface area contributed by atoms with Crippen LogP contribution in [0.25, 0.3) is 0 Å². The number of Topliss-reactive ketones (excluding diaryl/α,β-unsaturated/α-hetero) is 1. The molecule has 0 saturated heterocycles. The molecule has 0 aromatic heterocycles. The summed E-state index contributed by atoms with van der Waals surface area (Å²) < 4.78 is 1.02. The summed E-state index contributed by atoms with van der Waals surface area (Å²) in [5, 5.41) is 9.74. The molecule has 0 aliphatic rings. The minimum Gasteiger partial charge on any atom is -0.508 e. The smallest absolute Gasteiger partial charge is 0.147 e. The fourth-order valence-electron chi connectivity index (χ4n) is 0.955. The molecule has 0 aliphatic heterocycles. The first-order valence-corrected chi connectivity index (χ1v) is 5.88. The summed E-state index contributed by atoms with van der Waals surface area (Å²) in [7, 11) is 0. The number of phenols is 1. The van der Waals surface area contributed by atoms with Gasteiger partial charge in [-0.25, -0.2) is 0 Å². The molecule has 0 heterocycles. The van der Waals surface area contributed by atoms with Gasteiger partial charge in [-0.2, -0.15) is 0 Å². The van der Waals surface area contributed by atoms with Crippen LogP contribution in [0, 0.1) is 3.57 Å². The zero-order valence-corrected chi connectivity index (χ0v) is 10.5. The molecule has 0 atom stereocenters. The van der Waals surface area contributed by atoms with Crippen molar-refractivity contribution in [3.63, 3.8) is 0 Å². The maximum Gasteiger partial charge on any atom is 0.147 e. The SMILES string of the molecule is O=C(CBr)Cc1cc(I)ccc1O. The Morgan fingerprint density at radius 1 is 1.54 bits per heavy atom. The number of ketones is 1. The van der Waals surface area contributed by atoms with Crippen molar-refractivity contribution in [2.24, 2.45) is 0 Å². The van der Waals surface area contributed by atoms with Crippen LogP contribution in [0.15, 0.2) is 18.2 Å². The molecule has 0 spiro atoms. The minimum absolute atomic E-state index is 0.0669. The van der Waals surface area contributed by atoms with Crippen LogP contribution >= 0.6 is 38.5 Å². The van der Waals surface area contributed by atoms with Gasteiger partial charge >= 0.3 is 0 Å². The number of aromatic hydroxyl groups is 1. The van der Waals surface area contributed by atoms with Gasteiger partial charge in [0.25, 0.3) is 0 Å². The van der Waals surface area contributed by atoms with Crippen molar-refractivity contribution in [1.82, 2.24) is 0 Å². The van der Waals surface area contributed by atoms with Gasteiger partial charge < -0.3 is 5.11 Å². The second-order valence-corrected chi connectivity index (χ2v) is 4.43. The molecule has 0 unspecified atom stereocenters. The third-order valence-electron chi connectivity index (χ3n) is 1.58. The van der Waals surface area contributed by atoms with Crippen molar-refractivity contribution in [1.29, 1.82) is 0 Å². The second kappa shape index (κ2) is 4.95. The van der Waals surface area contributed by atoms with E-state index in [2.05, 4.69) is 38.5 Å². The van der Waals surface area contributed by atoms with E-state index in [1.54, 1.807) is 12.1 Å². The average molecular weight is 355 g/mol. The fourth-order valence-corrected chi connectivity index (χ4v) is 1.71. The molecule has 0 saturated carbocycles. The van der Waals surface area contributed by atoms with Crippen molar-refractivity contribution in [3.8, 4) is 5.75 Å². The average Bonchev–Trinajstić information content (AvgIpc) is 2.11. The Bertz CT molecular complexity index is 325. The Kier molecular flexibility index (Phi) is 4.18. The molecular weight excluding hydrogens is 347 g/mol. The van der Waals surface area contributed by atoms with E-state index in [1.807, 2.05) is 6.07 Å². The lowest BCUT2D eigenvalue weighted by atomic mass is 10.1. The van der Waals surface area contributed by atoms with Crippen LogP contribution in [-0.2, 0) is 11.2 Å². The number of alkyl halides is 1. The maximum absolute atomic E-state index is 11.1. The van der Waals surface area contributed by atoms with Crippen LogP contribution in [0.5, 0.6) is 5.75 Å². The lowest BCUT2D eigenvalue weighted by Crippen LogP contribution is -2.03. The minimum atomic E-state index is 0.0669. The molecule has 0 fully saturated rings. The number of rotatable bonds is 3. The lowest BCUT2D eigenvalue weighted by Gasteiger charge is -2.02. The highest BCUT2D eigenvalue weighted by molar-refractivity contribution is 14.1. The highest BCUT2D eigenvalue weighted by Crippen LogP contribution is 2.20. The molecule has 0 bridgehead atoms. The predicted molar refractivity (Wildman–Crippen MR) is 63.3 cm³/mol. The molecule has 0 radical (unpaired) electrons. The molecule has 13 heavy (non-hydrogen) atoms. The summed E-state index contributed by atoms with van der Waals surface area (Å²) in [6.07, 6.45) is 0.286. The van der Waals surface area contributed by atoms with Gasteiger partial charge in [0.1, 0.15) is 11.5 Å². The first-order chi connectivity index (χ1) is 6.13. The van der Waals surface area contributed by atoms with E-state index in [0.29, 0.717) is 10.9 Å². The van der Waals surface area contributed by atoms with Crippen molar-refractivity contribution < 1.29 is 9.90 Å². The molecule has 1 aromatic carbocycles. The third-order valence-corrected chi connectivity index (χ3v) is 2.87. The Labute approximate surface area is 98.6 Å². The first-order valence-electron chi connectivity index (χ1n) is 3.68. The van der Waals surface area contributed by atoms with Crippen molar-refractivity contribution in [3.05, 3.63) is 27.3 Å². The highest BCUT2D eigenvalue weighted by Gasteiger charge is 2.06. The summed E-state index contributed by atoms with van der Waals surface area (Å²) in [5.74, 6) is 0.256. The zero-order chi connectivity index (χ0) is 9.84. The third kappa shape index (κ3) is 3.27. The second-order valence-electron chi connectivity index (χ2n) is 2.62. The Balaban J connectivity index is 2.87. The van der Waals surface area contributed by atoms with Gasteiger partial charge in [-0.05, 0) is 40.8 Å². The van der Waals surface area contributed by atoms with E-state index in [4.69, 9.17) is 0 Å².